The molecule has 3 aromatic rings. The van der Waals surface area contributed by atoms with Crippen LogP contribution >= 0.6 is 0 Å². The molecule has 1 aromatic heterocycles. The van der Waals surface area contributed by atoms with E-state index in [0.717, 1.165) is 12.1 Å². The minimum absolute atomic E-state index is 0.0237. The number of hydrogen-bond acceptors (Lipinski definition) is 4. The first kappa shape index (κ1) is 15.5. The van der Waals surface area contributed by atoms with Crippen molar-refractivity contribution in [3.05, 3.63) is 65.8 Å². The van der Waals surface area contributed by atoms with Gasteiger partial charge in [-0.2, -0.15) is 0 Å². The summed E-state index contributed by atoms with van der Waals surface area (Å²) in [5, 5.41) is 7.80. The molecule has 2 aromatic carbocycles. The van der Waals surface area contributed by atoms with Gasteiger partial charge in [0.05, 0.1) is 5.56 Å². The zero-order valence-electron chi connectivity index (χ0n) is 13.5. The summed E-state index contributed by atoms with van der Waals surface area (Å²) >= 11 is 0. The van der Waals surface area contributed by atoms with Gasteiger partial charge in [-0.25, -0.2) is 4.39 Å². The summed E-state index contributed by atoms with van der Waals surface area (Å²) in [6.07, 6.45) is 1.48. The van der Waals surface area contributed by atoms with Gasteiger partial charge in [-0.1, -0.05) is 30.3 Å². The van der Waals surface area contributed by atoms with Gasteiger partial charge in [-0.15, -0.1) is 10.2 Å². The third-order valence-electron chi connectivity index (χ3n) is 4.31. The maximum atomic E-state index is 13.8. The Hall–Kier alpha value is -3.02. The van der Waals surface area contributed by atoms with E-state index in [1.54, 1.807) is 23.1 Å². The lowest BCUT2D eigenvalue weighted by atomic mass is 10.2. The van der Waals surface area contributed by atoms with Crippen LogP contribution in [0.4, 0.5) is 10.1 Å². The van der Waals surface area contributed by atoms with Gasteiger partial charge in [0.25, 0.3) is 5.89 Å². The van der Waals surface area contributed by atoms with Crippen LogP contribution in [0.5, 0.6) is 0 Å². The van der Waals surface area contributed by atoms with E-state index in [-0.39, 0.29) is 23.8 Å². The first-order chi connectivity index (χ1) is 12.2. The number of carbonyl (C=O) groups is 1. The van der Waals surface area contributed by atoms with E-state index in [9.17, 15) is 9.18 Å². The second kappa shape index (κ2) is 6.47. The van der Waals surface area contributed by atoms with Gasteiger partial charge in [-0.3, -0.25) is 4.79 Å². The molecule has 6 heteroatoms. The Labute approximate surface area is 144 Å². The highest BCUT2D eigenvalue weighted by Crippen LogP contribution is 2.28. The predicted molar refractivity (Wildman–Crippen MR) is 90.5 cm³/mol. The zero-order chi connectivity index (χ0) is 17.2. The van der Waals surface area contributed by atoms with Crippen molar-refractivity contribution < 1.29 is 13.6 Å². The Morgan fingerprint density at radius 1 is 1.12 bits per heavy atom. The van der Waals surface area contributed by atoms with Crippen molar-refractivity contribution in [2.75, 3.05) is 11.4 Å². The molecular formula is C19H16FN3O2. The Bertz CT molecular complexity index is 922. The quantitative estimate of drug-likeness (QED) is 0.732. The average molecular weight is 337 g/mol. The van der Waals surface area contributed by atoms with Crippen molar-refractivity contribution in [2.45, 2.75) is 19.3 Å². The number of aryl methyl sites for hydroxylation is 1. The van der Waals surface area contributed by atoms with Crippen LogP contribution in [0.1, 0.15) is 17.9 Å². The summed E-state index contributed by atoms with van der Waals surface area (Å²) in [5.41, 5.74) is 2.43. The summed E-state index contributed by atoms with van der Waals surface area (Å²) in [6, 6.07) is 14.1. The van der Waals surface area contributed by atoms with Gasteiger partial charge in [0, 0.05) is 25.1 Å². The molecule has 1 amide bonds. The topological polar surface area (TPSA) is 59.2 Å². The van der Waals surface area contributed by atoms with Gasteiger partial charge in [0.15, 0.2) is 0 Å². The third kappa shape index (κ3) is 3.03. The highest BCUT2D eigenvalue weighted by Gasteiger charge is 2.24. The molecule has 1 aliphatic rings. The first-order valence-corrected chi connectivity index (χ1v) is 8.18. The molecule has 0 aliphatic carbocycles. The lowest BCUT2D eigenvalue weighted by Crippen LogP contribution is -2.29. The van der Waals surface area contributed by atoms with Crippen molar-refractivity contribution in [3.8, 4) is 11.5 Å². The van der Waals surface area contributed by atoms with Crippen LogP contribution in [0.25, 0.3) is 11.5 Å². The third-order valence-corrected chi connectivity index (χ3v) is 4.31. The summed E-state index contributed by atoms with van der Waals surface area (Å²) in [7, 11) is 0. The number of fused-ring (bicyclic) bond motifs is 1. The normalized spacial score (nSPS) is 13.1. The Balaban J connectivity index is 1.43. The van der Waals surface area contributed by atoms with Gasteiger partial charge in [0.1, 0.15) is 5.82 Å². The molecule has 0 radical (unpaired) electrons. The monoisotopic (exact) mass is 337 g/mol. The molecule has 0 spiro atoms. The van der Waals surface area contributed by atoms with Gasteiger partial charge in [0.2, 0.25) is 11.8 Å². The lowest BCUT2D eigenvalue weighted by molar-refractivity contribution is -0.118. The van der Waals surface area contributed by atoms with Crippen LogP contribution in [-0.4, -0.2) is 22.6 Å². The van der Waals surface area contributed by atoms with Crippen LogP contribution < -0.4 is 4.90 Å². The van der Waals surface area contributed by atoms with Crippen molar-refractivity contribution in [1.82, 2.24) is 10.2 Å². The molecule has 0 saturated heterocycles. The number of nitrogens with zero attached hydrogens (tertiary/aromatic N) is 3. The summed E-state index contributed by atoms with van der Waals surface area (Å²) < 4.78 is 19.3. The molecule has 126 valence electrons. The SMILES string of the molecule is O=C(CCc1nnc(-c2ccccc2F)o1)N1CCc2ccccc21. The van der Waals surface area contributed by atoms with Crippen LogP contribution in [-0.2, 0) is 17.6 Å². The number of aromatic nitrogens is 2. The summed E-state index contributed by atoms with van der Waals surface area (Å²) in [4.78, 5) is 14.3. The fraction of sp³-hybridized carbons (Fsp3) is 0.211. The average Bonchev–Trinajstić information content (AvgIpc) is 3.27. The van der Waals surface area contributed by atoms with E-state index in [0.29, 0.717) is 18.9 Å². The molecule has 0 N–H and O–H groups in total. The number of hydrogen-bond donors (Lipinski definition) is 0. The maximum absolute atomic E-state index is 13.8. The minimum atomic E-state index is -0.414. The van der Waals surface area contributed by atoms with E-state index < -0.39 is 5.82 Å². The summed E-state index contributed by atoms with van der Waals surface area (Å²) in [5.74, 6) is 0.0733. The number of benzene rings is 2. The first-order valence-electron chi connectivity index (χ1n) is 8.18. The van der Waals surface area contributed by atoms with Gasteiger partial charge < -0.3 is 9.32 Å². The van der Waals surface area contributed by atoms with Crippen LogP contribution in [0.2, 0.25) is 0 Å². The van der Waals surface area contributed by atoms with Crippen LogP contribution in [0, 0.1) is 5.82 Å². The molecule has 2 heterocycles. The number of amides is 1. The Kier molecular flexibility index (Phi) is 4.01. The van der Waals surface area contributed by atoms with Gasteiger partial charge in [-0.05, 0) is 30.2 Å². The fourth-order valence-corrected chi connectivity index (χ4v) is 3.04. The van der Waals surface area contributed by atoms with E-state index in [1.807, 2.05) is 24.3 Å². The number of anilines is 1. The highest BCUT2D eigenvalue weighted by molar-refractivity contribution is 5.95. The number of carbonyl (C=O) groups excluding carboxylic acids is 1. The smallest absolute Gasteiger partial charge is 0.250 e. The molecule has 25 heavy (non-hydrogen) atoms. The zero-order valence-corrected chi connectivity index (χ0v) is 13.5. The molecule has 0 atom stereocenters. The fourth-order valence-electron chi connectivity index (χ4n) is 3.04. The largest absolute Gasteiger partial charge is 0.421 e. The number of para-hydroxylation sites is 1. The second-order valence-corrected chi connectivity index (χ2v) is 5.90. The van der Waals surface area contributed by atoms with Crippen molar-refractivity contribution in [1.29, 1.82) is 0 Å². The lowest BCUT2D eigenvalue weighted by Gasteiger charge is -2.16. The van der Waals surface area contributed by atoms with Crippen molar-refractivity contribution in [3.63, 3.8) is 0 Å². The number of rotatable bonds is 4. The standard InChI is InChI=1S/C19H16FN3O2/c20-15-7-3-2-6-14(15)19-22-21-17(25-19)9-10-18(24)23-12-11-13-5-1-4-8-16(13)23/h1-8H,9-12H2. The molecule has 5 nitrogen and oxygen atoms in total. The van der Waals surface area contributed by atoms with Crippen molar-refractivity contribution >= 4 is 11.6 Å². The minimum Gasteiger partial charge on any atom is -0.421 e. The molecule has 0 bridgehead atoms. The molecule has 0 unspecified atom stereocenters. The molecular weight excluding hydrogens is 321 g/mol. The summed E-state index contributed by atoms with van der Waals surface area (Å²) in [6.45, 7) is 0.697. The Morgan fingerprint density at radius 2 is 1.92 bits per heavy atom. The van der Waals surface area contributed by atoms with Crippen LogP contribution in [0.3, 0.4) is 0 Å². The second-order valence-electron chi connectivity index (χ2n) is 5.90. The van der Waals surface area contributed by atoms with E-state index >= 15 is 0 Å². The maximum Gasteiger partial charge on any atom is 0.250 e. The van der Waals surface area contributed by atoms with E-state index in [2.05, 4.69) is 10.2 Å². The Morgan fingerprint density at radius 3 is 2.80 bits per heavy atom. The van der Waals surface area contributed by atoms with E-state index in [4.69, 9.17) is 4.42 Å². The molecule has 1 aliphatic heterocycles. The van der Waals surface area contributed by atoms with E-state index in [1.165, 1.54) is 11.6 Å². The molecule has 4 rings (SSSR count). The number of halogens is 1. The van der Waals surface area contributed by atoms with Crippen molar-refractivity contribution in [2.24, 2.45) is 0 Å². The molecule has 0 fully saturated rings. The highest BCUT2D eigenvalue weighted by atomic mass is 19.1. The van der Waals surface area contributed by atoms with Gasteiger partial charge >= 0.3 is 0 Å². The molecule has 0 saturated carbocycles. The van der Waals surface area contributed by atoms with Crippen LogP contribution in [0.15, 0.2) is 52.9 Å². The predicted octanol–water partition coefficient (Wildman–Crippen LogP) is 3.40.